The first kappa shape index (κ1) is 26.0. The lowest BCUT2D eigenvalue weighted by atomic mass is 10.2. The Morgan fingerprint density at radius 2 is 2.10 bits per heavy atom. The maximum Gasteiger partial charge on any atom is 0.193 e. The van der Waals surface area contributed by atoms with Gasteiger partial charge in [-0.3, -0.25) is 4.99 Å². The molecule has 6 nitrogen and oxygen atoms in total. The monoisotopic (exact) mass is 550 g/mol. The number of rotatable bonds is 9. The zero-order chi connectivity index (χ0) is 20.5. The van der Waals surface area contributed by atoms with E-state index in [0.717, 1.165) is 60.0 Å². The fourth-order valence-corrected chi connectivity index (χ4v) is 3.75. The number of hydrogen-bond acceptors (Lipinski definition) is 4. The highest BCUT2D eigenvalue weighted by Crippen LogP contribution is 2.17. The highest BCUT2D eigenvalue weighted by molar-refractivity contribution is 14.0. The second kappa shape index (κ2) is 13.3. The summed E-state index contributed by atoms with van der Waals surface area (Å²) < 4.78 is 2.25. The van der Waals surface area contributed by atoms with Crippen molar-refractivity contribution < 1.29 is 0 Å². The maximum atomic E-state index is 6.08. The van der Waals surface area contributed by atoms with Gasteiger partial charge in [0, 0.05) is 45.2 Å². The van der Waals surface area contributed by atoms with Gasteiger partial charge in [0.1, 0.15) is 5.82 Å². The molecule has 2 rings (SSSR count). The van der Waals surface area contributed by atoms with Crippen LogP contribution in [0.25, 0.3) is 0 Å². The summed E-state index contributed by atoms with van der Waals surface area (Å²) in [5, 5.41) is 13.9. The average molecular weight is 551 g/mol. The zero-order valence-corrected chi connectivity index (χ0v) is 21.8. The first-order valence-electron chi connectivity index (χ1n) is 9.56. The highest BCUT2D eigenvalue weighted by atomic mass is 127. The largest absolute Gasteiger partial charge is 0.356 e. The molecule has 1 heterocycles. The van der Waals surface area contributed by atoms with E-state index in [4.69, 9.17) is 11.6 Å². The predicted octanol–water partition coefficient (Wildman–Crippen LogP) is 4.57. The van der Waals surface area contributed by atoms with Gasteiger partial charge in [-0.05, 0) is 36.3 Å². The number of benzene rings is 1. The van der Waals surface area contributed by atoms with Crippen molar-refractivity contribution in [2.75, 3.05) is 26.9 Å². The second-order valence-corrected chi connectivity index (χ2v) is 8.38. The Morgan fingerprint density at radius 3 is 2.72 bits per heavy atom. The van der Waals surface area contributed by atoms with E-state index in [1.54, 1.807) is 18.8 Å². The number of nitrogens with zero attached hydrogens (tertiary/aromatic N) is 5. The Bertz CT molecular complexity index is 780. The number of aliphatic imine (C=N–C) groups is 1. The topological polar surface area (TPSA) is 58.3 Å². The van der Waals surface area contributed by atoms with E-state index in [-0.39, 0.29) is 24.0 Å². The minimum Gasteiger partial charge on any atom is -0.356 e. The van der Waals surface area contributed by atoms with E-state index in [9.17, 15) is 0 Å². The summed E-state index contributed by atoms with van der Waals surface area (Å²) in [7, 11) is 3.83. The first-order chi connectivity index (χ1) is 13.4. The van der Waals surface area contributed by atoms with Crippen LogP contribution in [-0.2, 0) is 19.5 Å². The molecule has 0 saturated carbocycles. The summed E-state index contributed by atoms with van der Waals surface area (Å²) >= 11 is 7.73. The number of aryl methyl sites for hydroxylation is 1. The normalized spacial score (nSPS) is 11.5. The van der Waals surface area contributed by atoms with Gasteiger partial charge in [-0.15, -0.1) is 34.2 Å². The molecular formula is C20H32ClIN6S. The summed E-state index contributed by atoms with van der Waals surface area (Å²) in [5.74, 6) is 2.49. The van der Waals surface area contributed by atoms with E-state index in [1.807, 2.05) is 31.5 Å². The van der Waals surface area contributed by atoms with Crippen LogP contribution in [0.5, 0.6) is 0 Å². The third-order valence-electron chi connectivity index (χ3n) is 4.27. The third-order valence-corrected chi connectivity index (χ3v) is 5.17. The maximum absolute atomic E-state index is 6.08. The minimum absolute atomic E-state index is 0. The Kier molecular flexibility index (Phi) is 12.0. The molecule has 0 radical (unpaired) electrons. The quantitative estimate of drug-likeness (QED) is 0.163. The van der Waals surface area contributed by atoms with Gasteiger partial charge in [-0.25, -0.2) is 0 Å². The molecule has 1 N–H and O–H groups in total. The molecule has 0 bridgehead atoms. The summed E-state index contributed by atoms with van der Waals surface area (Å²) in [4.78, 5) is 6.48. The highest BCUT2D eigenvalue weighted by Gasteiger charge is 2.13. The van der Waals surface area contributed by atoms with Crippen molar-refractivity contribution in [1.82, 2.24) is 25.0 Å². The van der Waals surface area contributed by atoms with Crippen LogP contribution in [-0.4, -0.2) is 52.5 Å². The molecule has 0 aliphatic heterocycles. The van der Waals surface area contributed by atoms with E-state index in [1.165, 1.54) is 0 Å². The van der Waals surface area contributed by atoms with Crippen LogP contribution in [0.2, 0.25) is 5.02 Å². The Balaban J connectivity index is 0.00000420. The summed E-state index contributed by atoms with van der Waals surface area (Å²) in [6.45, 7) is 6.97. The van der Waals surface area contributed by atoms with Gasteiger partial charge in [0.2, 0.25) is 0 Å². The molecule has 1 aromatic heterocycles. The van der Waals surface area contributed by atoms with Crippen LogP contribution in [0.3, 0.4) is 0 Å². The van der Waals surface area contributed by atoms with Gasteiger partial charge in [0.05, 0.1) is 0 Å². The lowest BCUT2D eigenvalue weighted by Crippen LogP contribution is -2.39. The molecule has 1 aromatic carbocycles. The van der Waals surface area contributed by atoms with Crippen molar-refractivity contribution in [3.05, 3.63) is 40.7 Å². The first-order valence-corrected chi connectivity index (χ1v) is 11.2. The van der Waals surface area contributed by atoms with Crippen molar-refractivity contribution >= 4 is 53.3 Å². The number of halogens is 2. The van der Waals surface area contributed by atoms with Gasteiger partial charge < -0.3 is 14.8 Å². The molecule has 0 saturated heterocycles. The molecule has 0 fully saturated rings. The number of thioether (sulfide) groups is 1. The van der Waals surface area contributed by atoms with Gasteiger partial charge in [-0.1, -0.05) is 49.3 Å². The molecule has 0 aliphatic carbocycles. The lowest BCUT2D eigenvalue weighted by molar-refractivity contribution is 0.469. The van der Waals surface area contributed by atoms with E-state index >= 15 is 0 Å². The third kappa shape index (κ3) is 8.33. The van der Waals surface area contributed by atoms with Gasteiger partial charge in [0.25, 0.3) is 0 Å². The van der Waals surface area contributed by atoms with Crippen molar-refractivity contribution in [2.45, 2.75) is 44.9 Å². The van der Waals surface area contributed by atoms with Crippen LogP contribution in [0, 0.1) is 5.92 Å². The summed E-state index contributed by atoms with van der Waals surface area (Å²) in [6.07, 6.45) is 3.91. The van der Waals surface area contributed by atoms with Crippen LogP contribution in [0.4, 0.5) is 0 Å². The lowest BCUT2D eigenvalue weighted by Gasteiger charge is -2.22. The second-order valence-electron chi connectivity index (χ2n) is 7.17. The predicted molar refractivity (Wildman–Crippen MR) is 135 cm³/mol. The fraction of sp³-hybridized carbons (Fsp3) is 0.550. The molecular weight excluding hydrogens is 519 g/mol. The number of aromatic nitrogens is 3. The van der Waals surface area contributed by atoms with Crippen LogP contribution >= 0.6 is 47.3 Å². The minimum atomic E-state index is 0. The smallest absolute Gasteiger partial charge is 0.193 e. The number of guanidine groups is 1. The Morgan fingerprint density at radius 1 is 1.34 bits per heavy atom. The van der Waals surface area contributed by atoms with Gasteiger partial charge >= 0.3 is 0 Å². The van der Waals surface area contributed by atoms with Crippen LogP contribution < -0.4 is 5.32 Å². The Labute approximate surface area is 200 Å². The fourth-order valence-electron chi connectivity index (χ4n) is 3.02. The number of nitrogens with one attached hydrogen (secondary N) is 1. The zero-order valence-electron chi connectivity index (χ0n) is 17.9. The van der Waals surface area contributed by atoms with Gasteiger partial charge in [-0.2, -0.15) is 0 Å². The molecule has 0 amide bonds. The molecule has 9 heteroatoms. The molecule has 2 aromatic rings. The Hall–Kier alpha value is -1.000. The van der Waals surface area contributed by atoms with Crippen LogP contribution in [0.15, 0.2) is 34.4 Å². The molecule has 29 heavy (non-hydrogen) atoms. The van der Waals surface area contributed by atoms with E-state index in [2.05, 4.69) is 49.9 Å². The van der Waals surface area contributed by atoms with E-state index < -0.39 is 0 Å². The summed E-state index contributed by atoms with van der Waals surface area (Å²) in [5.41, 5.74) is 1.16. The summed E-state index contributed by atoms with van der Waals surface area (Å²) in [6, 6.07) is 7.91. The van der Waals surface area contributed by atoms with E-state index in [0.29, 0.717) is 5.92 Å². The standard InChI is InChI=1S/C20H31ClN6S.HI/c1-15(2)13-27-18(24-25-20(27)28-5)10-7-11-23-19(22-3)26(4)14-16-8-6-9-17(21)12-16;/h6,8-9,12,15H,7,10-11,13-14H2,1-5H3,(H,22,23);1H. The van der Waals surface area contributed by atoms with Crippen molar-refractivity contribution in [2.24, 2.45) is 10.9 Å². The molecule has 0 unspecified atom stereocenters. The molecule has 0 aliphatic rings. The number of hydrogen-bond donors (Lipinski definition) is 1. The SMILES string of the molecule is CN=C(NCCCc1nnc(SC)n1CC(C)C)N(C)Cc1cccc(Cl)c1.I. The molecule has 0 spiro atoms. The van der Waals surface area contributed by atoms with Gasteiger partial charge in [0.15, 0.2) is 11.1 Å². The average Bonchev–Trinajstić information content (AvgIpc) is 3.02. The van der Waals surface area contributed by atoms with Crippen molar-refractivity contribution in [3.8, 4) is 0 Å². The molecule has 162 valence electrons. The molecule has 0 atom stereocenters. The van der Waals surface area contributed by atoms with Crippen molar-refractivity contribution in [3.63, 3.8) is 0 Å². The van der Waals surface area contributed by atoms with Crippen molar-refractivity contribution in [1.29, 1.82) is 0 Å². The van der Waals surface area contributed by atoms with Crippen LogP contribution in [0.1, 0.15) is 31.7 Å².